The molecule has 1 aromatic carbocycles. The highest BCUT2D eigenvalue weighted by molar-refractivity contribution is 5.89. The molecule has 19 heavy (non-hydrogen) atoms. The molecule has 1 N–H and O–H groups in total. The maximum atomic E-state index is 13.6. The lowest BCUT2D eigenvalue weighted by Gasteiger charge is -2.26. The maximum absolute atomic E-state index is 13.6. The van der Waals surface area contributed by atoms with Crippen molar-refractivity contribution in [2.75, 3.05) is 25.0 Å². The lowest BCUT2D eigenvalue weighted by atomic mass is 10.1. The number of piperidine rings is 1. The fourth-order valence-electron chi connectivity index (χ4n) is 2.15. The molecule has 1 fully saturated rings. The standard InChI is InChI=1S/C14H19FN2O2/c1-2-19-13-7-6-11(10-12(13)15)16-14(18)17-8-4-3-5-9-17/h6-7,10H,2-5,8-9H2,1H3,(H,16,18). The van der Waals surface area contributed by atoms with Gasteiger partial charge in [0.25, 0.3) is 0 Å². The Morgan fingerprint density at radius 2 is 2.11 bits per heavy atom. The van der Waals surface area contributed by atoms with Crippen LogP contribution in [0.4, 0.5) is 14.9 Å². The van der Waals surface area contributed by atoms with Crippen LogP contribution < -0.4 is 10.1 Å². The van der Waals surface area contributed by atoms with Crippen LogP contribution in [0.3, 0.4) is 0 Å². The molecule has 2 amide bonds. The van der Waals surface area contributed by atoms with Crippen molar-refractivity contribution < 1.29 is 13.9 Å². The number of ether oxygens (including phenoxy) is 1. The van der Waals surface area contributed by atoms with Crippen LogP contribution in [0.15, 0.2) is 18.2 Å². The van der Waals surface area contributed by atoms with Gasteiger partial charge in [-0.05, 0) is 38.3 Å². The second-order valence-electron chi connectivity index (χ2n) is 4.56. The van der Waals surface area contributed by atoms with E-state index in [-0.39, 0.29) is 11.8 Å². The summed E-state index contributed by atoms with van der Waals surface area (Å²) >= 11 is 0. The Bertz CT molecular complexity index is 445. The Morgan fingerprint density at radius 1 is 1.37 bits per heavy atom. The summed E-state index contributed by atoms with van der Waals surface area (Å²) in [7, 11) is 0. The molecule has 0 saturated carbocycles. The SMILES string of the molecule is CCOc1ccc(NC(=O)N2CCCCC2)cc1F. The van der Waals surface area contributed by atoms with E-state index in [1.807, 2.05) is 0 Å². The number of anilines is 1. The van der Waals surface area contributed by atoms with Gasteiger partial charge in [-0.15, -0.1) is 0 Å². The Hall–Kier alpha value is -1.78. The van der Waals surface area contributed by atoms with Crippen LogP contribution in [0.25, 0.3) is 0 Å². The van der Waals surface area contributed by atoms with Gasteiger partial charge in [0.05, 0.1) is 6.61 Å². The lowest BCUT2D eigenvalue weighted by molar-refractivity contribution is 0.200. The van der Waals surface area contributed by atoms with Crippen LogP contribution in [0.5, 0.6) is 5.75 Å². The summed E-state index contributed by atoms with van der Waals surface area (Å²) in [4.78, 5) is 13.7. The van der Waals surface area contributed by atoms with Crippen molar-refractivity contribution >= 4 is 11.7 Å². The van der Waals surface area contributed by atoms with Gasteiger partial charge >= 0.3 is 6.03 Å². The van der Waals surface area contributed by atoms with Crippen molar-refractivity contribution in [2.24, 2.45) is 0 Å². The Balaban J connectivity index is 1.98. The Kier molecular flexibility index (Phi) is 4.60. The minimum absolute atomic E-state index is 0.164. The van der Waals surface area contributed by atoms with Gasteiger partial charge in [0.15, 0.2) is 11.6 Å². The molecule has 104 valence electrons. The number of benzene rings is 1. The van der Waals surface area contributed by atoms with E-state index in [9.17, 15) is 9.18 Å². The van der Waals surface area contributed by atoms with Crippen molar-refractivity contribution in [2.45, 2.75) is 26.2 Å². The van der Waals surface area contributed by atoms with Crippen molar-refractivity contribution in [3.63, 3.8) is 0 Å². The number of amides is 2. The number of halogens is 1. The van der Waals surface area contributed by atoms with Crippen LogP contribution in [0, 0.1) is 5.82 Å². The zero-order valence-corrected chi connectivity index (χ0v) is 11.1. The molecule has 0 aliphatic carbocycles. The quantitative estimate of drug-likeness (QED) is 0.912. The van der Waals surface area contributed by atoms with Crippen LogP contribution in [-0.2, 0) is 0 Å². The summed E-state index contributed by atoms with van der Waals surface area (Å²) in [5.41, 5.74) is 0.455. The van der Waals surface area contributed by atoms with Gasteiger partial charge in [-0.2, -0.15) is 0 Å². The zero-order valence-electron chi connectivity index (χ0n) is 11.1. The first-order valence-electron chi connectivity index (χ1n) is 6.69. The molecule has 0 bridgehead atoms. The normalized spacial score (nSPS) is 15.2. The third-order valence-corrected chi connectivity index (χ3v) is 3.13. The van der Waals surface area contributed by atoms with Gasteiger partial charge < -0.3 is 15.0 Å². The molecule has 2 rings (SSSR count). The molecule has 0 unspecified atom stereocenters. The minimum Gasteiger partial charge on any atom is -0.491 e. The topological polar surface area (TPSA) is 41.6 Å². The summed E-state index contributed by atoms with van der Waals surface area (Å²) in [6.45, 7) is 3.75. The summed E-state index contributed by atoms with van der Waals surface area (Å²) in [6, 6.07) is 4.30. The smallest absolute Gasteiger partial charge is 0.321 e. The minimum atomic E-state index is -0.460. The van der Waals surface area contributed by atoms with E-state index < -0.39 is 5.82 Å². The first-order chi connectivity index (χ1) is 9.20. The monoisotopic (exact) mass is 266 g/mol. The molecule has 0 spiro atoms. The molecule has 4 nitrogen and oxygen atoms in total. The Labute approximate surface area is 112 Å². The molecule has 0 atom stereocenters. The van der Waals surface area contributed by atoms with Crippen molar-refractivity contribution in [1.82, 2.24) is 4.90 Å². The first kappa shape index (κ1) is 13.6. The Morgan fingerprint density at radius 3 is 2.74 bits per heavy atom. The number of rotatable bonds is 3. The first-order valence-corrected chi connectivity index (χ1v) is 6.69. The van der Waals surface area contributed by atoms with E-state index in [4.69, 9.17) is 4.74 Å². The highest BCUT2D eigenvalue weighted by Gasteiger charge is 2.16. The van der Waals surface area contributed by atoms with Crippen LogP contribution in [0.2, 0.25) is 0 Å². The molecule has 1 aromatic rings. The van der Waals surface area contributed by atoms with Crippen LogP contribution in [-0.4, -0.2) is 30.6 Å². The number of nitrogens with one attached hydrogen (secondary N) is 1. The van der Waals surface area contributed by atoms with Crippen molar-refractivity contribution in [3.8, 4) is 5.75 Å². The molecule has 1 heterocycles. The van der Waals surface area contributed by atoms with Gasteiger partial charge in [0.1, 0.15) is 0 Å². The molecule has 1 aliphatic rings. The molecule has 1 aliphatic heterocycles. The largest absolute Gasteiger partial charge is 0.491 e. The fraction of sp³-hybridized carbons (Fsp3) is 0.500. The number of hydrogen-bond donors (Lipinski definition) is 1. The summed E-state index contributed by atoms with van der Waals surface area (Å²) in [5.74, 6) is -0.253. The number of carbonyl (C=O) groups excluding carboxylic acids is 1. The molecular weight excluding hydrogens is 247 g/mol. The maximum Gasteiger partial charge on any atom is 0.321 e. The molecular formula is C14H19FN2O2. The van der Waals surface area contributed by atoms with E-state index >= 15 is 0 Å². The third-order valence-electron chi connectivity index (χ3n) is 3.13. The fourth-order valence-corrected chi connectivity index (χ4v) is 2.15. The zero-order chi connectivity index (χ0) is 13.7. The second kappa shape index (κ2) is 6.41. The van der Waals surface area contributed by atoms with Gasteiger partial charge in [-0.25, -0.2) is 9.18 Å². The number of nitrogens with zero attached hydrogens (tertiary/aromatic N) is 1. The predicted octanol–water partition coefficient (Wildman–Crippen LogP) is 3.24. The van der Waals surface area contributed by atoms with Crippen LogP contribution >= 0.6 is 0 Å². The van der Waals surface area contributed by atoms with Gasteiger partial charge in [-0.3, -0.25) is 0 Å². The van der Waals surface area contributed by atoms with E-state index in [2.05, 4.69) is 5.32 Å². The summed E-state index contributed by atoms with van der Waals surface area (Å²) < 4.78 is 18.8. The van der Waals surface area contributed by atoms with E-state index in [1.54, 1.807) is 17.9 Å². The van der Waals surface area contributed by atoms with Gasteiger partial charge in [-0.1, -0.05) is 0 Å². The highest BCUT2D eigenvalue weighted by Crippen LogP contribution is 2.21. The molecule has 0 aromatic heterocycles. The molecule has 0 radical (unpaired) electrons. The van der Waals surface area contributed by atoms with E-state index in [0.29, 0.717) is 12.3 Å². The third kappa shape index (κ3) is 3.59. The average Bonchev–Trinajstić information content (AvgIpc) is 2.43. The van der Waals surface area contributed by atoms with Crippen molar-refractivity contribution in [1.29, 1.82) is 0 Å². The summed E-state index contributed by atoms with van der Waals surface area (Å²) in [6.07, 6.45) is 3.23. The average molecular weight is 266 g/mol. The molecule has 1 saturated heterocycles. The summed E-state index contributed by atoms with van der Waals surface area (Å²) in [5, 5.41) is 2.71. The second-order valence-corrected chi connectivity index (χ2v) is 4.56. The molecule has 5 heteroatoms. The van der Waals surface area contributed by atoms with Gasteiger partial charge in [0, 0.05) is 24.8 Å². The number of carbonyl (C=O) groups is 1. The van der Waals surface area contributed by atoms with E-state index in [0.717, 1.165) is 25.9 Å². The van der Waals surface area contributed by atoms with Crippen LogP contribution in [0.1, 0.15) is 26.2 Å². The highest BCUT2D eigenvalue weighted by atomic mass is 19.1. The van der Waals surface area contributed by atoms with E-state index in [1.165, 1.54) is 18.6 Å². The number of hydrogen-bond acceptors (Lipinski definition) is 2. The number of urea groups is 1. The predicted molar refractivity (Wildman–Crippen MR) is 72.0 cm³/mol. The number of likely N-dealkylation sites (tertiary alicyclic amines) is 1. The lowest BCUT2D eigenvalue weighted by Crippen LogP contribution is -2.38. The van der Waals surface area contributed by atoms with Crippen molar-refractivity contribution in [3.05, 3.63) is 24.0 Å². The van der Waals surface area contributed by atoms with Gasteiger partial charge in [0.2, 0.25) is 0 Å².